The van der Waals surface area contributed by atoms with E-state index < -0.39 is 11.6 Å². The van der Waals surface area contributed by atoms with Crippen molar-refractivity contribution in [1.29, 1.82) is 0 Å². The molecule has 3 N–H and O–H groups in total. The lowest BCUT2D eigenvalue weighted by molar-refractivity contribution is -0.212. The molecule has 4 aliphatic carbocycles. The molecule has 0 bridgehead atoms. The summed E-state index contributed by atoms with van der Waals surface area (Å²) in [6.07, 6.45) is 9.28. The fourth-order valence-electron chi connectivity index (χ4n) is 9.11. The van der Waals surface area contributed by atoms with E-state index in [1.807, 2.05) is 0 Å². The van der Waals surface area contributed by atoms with Crippen LogP contribution >= 0.6 is 0 Å². The molecular formula is C25H42O4. The first kappa shape index (κ1) is 21.6. The van der Waals surface area contributed by atoms with E-state index in [9.17, 15) is 15.0 Å². The van der Waals surface area contributed by atoms with E-state index in [0.717, 1.165) is 32.1 Å². The number of aliphatic hydroxyl groups excluding tert-OH is 1. The predicted octanol–water partition coefficient (Wildman–Crippen LogP) is 4.87. The fourth-order valence-corrected chi connectivity index (χ4v) is 9.11. The Bertz CT molecular complexity index is 645. The van der Waals surface area contributed by atoms with Gasteiger partial charge in [-0.3, -0.25) is 4.79 Å². The summed E-state index contributed by atoms with van der Waals surface area (Å²) in [4.78, 5) is 11.1. The molecule has 0 aromatic rings. The Morgan fingerprint density at radius 2 is 1.69 bits per heavy atom. The van der Waals surface area contributed by atoms with Crippen molar-refractivity contribution >= 4 is 5.97 Å². The van der Waals surface area contributed by atoms with E-state index >= 15 is 0 Å². The first-order chi connectivity index (χ1) is 13.5. The fraction of sp³-hybridized carbons (Fsp3) is 0.960. The van der Waals surface area contributed by atoms with Crippen molar-refractivity contribution < 1.29 is 20.1 Å². The SMILES string of the molecule is C[C@H](CCC(=O)O)[C@H]1CCC2C3C(CC[C@@]21C)[C@@]1(C)CC[C@@H](O)CC1C[C@]3(C)O. The number of hydrogen-bond donors (Lipinski definition) is 3. The highest BCUT2D eigenvalue weighted by molar-refractivity contribution is 5.66. The third-order valence-corrected chi connectivity index (χ3v) is 10.6. The summed E-state index contributed by atoms with van der Waals surface area (Å²) in [7, 11) is 0. The van der Waals surface area contributed by atoms with Gasteiger partial charge in [0.2, 0.25) is 0 Å². The van der Waals surface area contributed by atoms with Crippen LogP contribution in [0.1, 0.15) is 91.9 Å². The lowest BCUT2D eigenvalue weighted by Gasteiger charge is -2.65. The van der Waals surface area contributed by atoms with Crippen molar-refractivity contribution in [1.82, 2.24) is 0 Å². The summed E-state index contributed by atoms with van der Waals surface area (Å²) in [5, 5.41) is 31.1. The minimum atomic E-state index is -0.686. The molecule has 29 heavy (non-hydrogen) atoms. The Kier molecular flexibility index (Phi) is 5.38. The average Bonchev–Trinajstić information content (AvgIpc) is 2.98. The second-order valence-corrected chi connectivity index (χ2v) is 12.1. The third kappa shape index (κ3) is 3.37. The van der Waals surface area contributed by atoms with E-state index in [1.54, 1.807) is 0 Å². The number of hydrogen-bond acceptors (Lipinski definition) is 3. The maximum atomic E-state index is 11.7. The number of carboxylic acid groups (broad SMARTS) is 1. The summed E-state index contributed by atoms with van der Waals surface area (Å²) >= 11 is 0. The van der Waals surface area contributed by atoms with Crippen molar-refractivity contribution in [3.63, 3.8) is 0 Å². The molecular weight excluding hydrogens is 364 g/mol. The first-order valence-corrected chi connectivity index (χ1v) is 12.1. The van der Waals surface area contributed by atoms with E-state index in [-0.39, 0.29) is 23.4 Å². The number of aliphatic carboxylic acids is 1. The Morgan fingerprint density at radius 1 is 1.03 bits per heavy atom. The Hall–Kier alpha value is -0.610. The highest BCUT2D eigenvalue weighted by atomic mass is 16.4. The van der Waals surface area contributed by atoms with Gasteiger partial charge in [0, 0.05) is 6.42 Å². The van der Waals surface area contributed by atoms with Gasteiger partial charge >= 0.3 is 5.97 Å². The zero-order valence-electron chi connectivity index (χ0n) is 18.9. The van der Waals surface area contributed by atoms with Crippen LogP contribution in [0.15, 0.2) is 0 Å². The van der Waals surface area contributed by atoms with Crippen molar-refractivity contribution in [3.05, 3.63) is 0 Å². The van der Waals surface area contributed by atoms with Crippen LogP contribution in [0.5, 0.6) is 0 Å². The number of aliphatic hydroxyl groups is 2. The molecule has 166 valence electrons. The van der Waals surface area contributed by atoms with Gasteiger partial charge in [0.15, 0.2) is 0 Å². The largest absolute Gasteiger partial charge is 0.481 e. The lowest BCUT2D eigenvalue weighted by Crippen LogP contribution is -2.62. The van der Waals surface area contributed by atoms with Gasteiger partial charge < -0.3 is 15.3 Å². The molecule has 0 saturated heterocycles. The van der Waals surface area contributed by atoms with Crippen LogP contribution in [-0.4, -0.2) is 33.0 Å². The Morgan fingerprint density at radius 3 is 2.38 bits per heavy atom. The molecule has 0 amide bonds. The van der Waals surface area contributed by atoms with E-state index in [4.69, 9.17) is 5.11 Å². The van der Waals surface area contributed by atoms with Crippen LogP contribution in [0.3, 0.4) is 0 Å². The predicted molar refractivity (Wildman–Crippen MR) is 113 cm³/mol. The Balaban J connectivity index is 1.60. The van der Waals surface area contributed by atoms with Crippen LogP contribution in [0.4, 0.5) is 0 Å². The van der Waals surface area contributed by atoms with Gasteiger partial charge in [0.1, 0.15) is 0 Å². The number of fused-ring (bicyclic) bond motifs is 5. The highest BCUT2D eigenvalue weighted by Crippen LogP contribution is 2.70. The molecule has 0 radical (unpaired) electrons. The highest BCUT2D eigenvalue weighted by Gasteiger charge is 2.65. The Labute approximate surface area is 176 Å². The molecule has 10 atom stereocenters. The van der Waals surface area contributed by atoms with Gasteiger partial charge in [-0.2, -0.15) is 0 Å². The number of carboxylic acids is 1. The maximum Gasteiger partial charge on any atom is 0.303 e. The van der Waals surface area contributed by atoms with Crippen molar-refractivity contribution in [2.24, 2.45) is 46.3 Å². The summed E-state index contributed by atoms with van der Waals surface area (Å²) in [5.41, 5.74) is -0.182. The van der Waals surface area contributed by atoms with Crippen LogP contribution in [-0.2, 0) is 4.79 Å². The number of carbonyl (C=O) groups is 1. The zero-order chi connectivity index (χ0) is 21.2. The summed E-state index contributed by atoms with van der Waals surface area (Å²) < 4.78 is 0. The van der Waals surface area contributed by atoms with Gasteiger partial charge in [-0.25, -0.2) is 0 Å². The molecule has 4 heteroatoms. The minimum absolute atomic E-state index is 0.194. The lowest BCUT2D eigenvalue weighted by atomic mass is 9.41. The van der Waals surface area contributed by atoms with Crippen molar-refractivity contribution in [2.75, 3.05) is 0 Å². The standard InChI is InChI=1S/C25H42O4/c1-15(5-8-21(27)28)18-6-7-19-22-20(10-12-24(18,19)3)23(2)11-9-17(26)13-16(23)14-25(22,4)29/h15-20,22,26,29H,5-14H2,1-4H3,(H,27,28)/t15-,16?,17-,18-,19?,20?,22?,23+,24-,25+/m1/s1. The molecule has 4 aliphatic rings. The van der Waals surface area contributed by atoms with Gasteiger partial charge in [0.05, 0.1) is 11.7 Å². The smallest absolute Gasteiger partial charge is 0.303 e. The maximum absolute atomic E-state index is 11.7. The van der Waals surface area contributed by atoms with E-state index in [2.05, 4.69) is 27.7 Å². The number of rotatable bonds is 4. The van der Waals surface area contributed by atoms with Gasteiger partial charge in [-0.15, -0.1) is 0 Å². The summed E-state index contributed by atoms with van der Waals surface area (Å²) in [6, 6.07) is 0. The molecule has 4 rings (SSSR count). The monoisotopic (exact) mass is 406 g/mol. The normalized spacial score (nSPS) is 52.9. The molecule has 0 aliphatic heterocycles. The molecule has 0 aromatic heterocycles. The zero-order valence-corrected chi connectivity index (χ0v) is 18.9. The molecule has 0 heterocycles. The second kappa shape index (κ2) is 7.22. The van der Waals surface area contributed by atoms with Crippen LogP contribution in [0, 0.1) is 46.3 Å². The molecule has 0 aromatic carbocycles. The quantitative estimate of drug-likeness (QED) is 0.622. The molecule has 4 unspecified atom stereocenters. The van der Waals surface area contributed by atoms with Gasteiger partial charge in [0.25, 0.3) is 0 Å². The van der Waals surface area contributed by atoms with Crippen LogP contribution in [0.2, 0.25) is 0 Å². The first-order valence-electron chi connectivity index (χ1n) is 12.1. The second-order valence-electron chi connectivity index (χ2n) is 12.1. The van der Waals surface area contributed by atoms with E-state index in [0.29, 0.717) is 35.5 Å². The van der Waals surface area contributed by atoms with Crippen molar-refractivity contribution in [3.8, 4) is 0 Å². The van der Waals surface area contributed by atoms with E-state index in [1.165, 1.54) is 25.7 Å². The summed E-state index contributed by atoms with van der Waals surface area (Å²) in [5.74, 6) is 2.18. The third-order valence-electron chi connectivity index (χ3n) is 10.6. The minimum Gasteiger partial charge on any atom is -0.481 e. The van der Waals surface area contributed by atoms with Crippen LogP contribution < -0.4 is 0 Å². The molecule has 0 spiro atoms. The average molecular weight is 407 g/mol. The molecule has 4 fully saturated rings. The van der Waals surface area contributed by atoms with Gasteiger partial charge in [-0.05, 0) is 111 Å². The summed E-state index contributed by atoms with van der Waals surface area (Å²) in [6.45, 7) is 9.25. The molecule has 4 nitrogen and oxygen atoms in total. The van der Waals surface area contributed by atoms with Crippen molar-refractivity contribution in [2.45, 2.75) is 104 Å². The van der Waals surface area contributed by atoms with Crippen LogP contribution in [0.25, 0.3) is 0 Å². The van der Waals surface area contributed by atoms with Gasteiger partial charge in [-0.1, -0.05) is 20.8 Å². The topological polar surface area (TPSA) is 77.8 Å². The molecule has 4 saturated carbocycles.